The molecule has 8 heteroatoms. The van der Waals surface area contributed by atoms with Gasteiger partial charge in [-0.15, -0.1) is 0 Å². The Labute approximate surface area is 171 Å². The molecule has 0 bridgehead atoms. The maximum absolute atomic E-state index is 13.3. The van der Waals surface area contributed by atoms with Gasteiger partial charge in [0, 0.05) is 17.2 Å². The van der Waals surface area contributed by atoms with E-state index >= 15 is 0 Å². The summed E-state index contributed by atoms with van der Waals surface area (Å²) in [4.78, 5) is 27.1. The van der Waals surface area contributed by atoms with Crippen molar-refractivity contribution < 1.29 is 28.3 Å². The molecule has 0 unspecified atom stereocenters. The third-order valence-electron chi connectivity index (χ3n) is 4.86. The first-order valence-corrected chi connectivity index (χ1v) is 9.05. The summed E-state index contributed by atoms with van der Waals surface area (Å²) in [6, 6.07) is 12.3. The molecule has 0 spiro atoms. The Kier molecular flexibility index (Phi) is 4.83. The molecule has 1 N–H and O–H groups in total. The number of aryl methyl sites for hydroxylation is 1. The average molecular weight is 408 g/mol. The zero-order valence-electron chi connectivity index (χ0n) is 16.1. The fourth-order valence-corrected chi connectivity index (χ4v) is 3.49. The van der Waals surface area contributed by atoms with Crippen LogP contribution in [0.2, 0.25) is 0 Å². The molecule has 1 fully saturated rings. The zero-order chi connectivity index (χ0) is 21.4. The number of nitrogens with zero attached hydrogens (tertiary/aromatic N) is 2. The summed E-state index contributed by atoms with van der Waals surface area (Å²) in [5.41, 5.74) is 0.519. The molecule has 152 valence electrons. The molecule has 1 aliphatic heterocycles. The monoisotopic (exact) mass is 408 g/mol. The van der Waals surface area contributed by atoms with Crippen molar-refractivity contribution in [1.29, 1.82) is 0 Å². The van der Waals surface area contributed by atoms with Crippen LogP contribution in [0.15, 0.2) is 64.7 Å². The van der Waals surface area contributed by atoms with E-state index in [1.54, 1.807) is 31.2 Å². The number of Topliss-reactive ketones (excluding diaryl/α,β-unsaturated/α-hetero) is 1. The molecule has 3 aromatic rings. The number of halogens is 1. The minimum Gasteiger partial charge on any atom is -0.507 e. The molecule has 0 aliphatic carbocycles. The van der Waals surface area contributed by atoms with Crippen LogP contribution in [0, 0.1) is 12.7 Å². The van der Waals surface area contributed by atoms with Gasteiger partial charge in [-0.1, -0.05) is 23.4 Å². The van der Waals surface area contributed by atoms with Crippen LogP contribution in [-0.4, -0.2) is 29.1 Å². The molecule has 1 aromatic heterocycles. The van der Waals surface area contributed by atoms with Gasteiger partial charge in [0.05, 0.1) is 12.7 Å². The Morgan fingerprint density at radius 1 is 1.17 bits per heavy atom. The number of hydrogen-bond acceptors (Lipinski definition) is 6. The van der Waals surface area contributed by atoms with Gasteiger partial charge in [-0.25, -0.2) is 4.39 Å². The summed E-state index contributed by atoms with van der Waals surface area (Å²) >= 11 is 0. The number of aromatic nitrogens is 1. The second-order valence-electron chi connectivity index (χ2n) is 6.71. The average Bonchev–Trinajstić information content (AvgIpc) is 3.29. The summed E-state index contributed by atoms with van der Waals surface area (Å²) in [6.07, 6.45) is 0. The van der Waals surface area contributed by atoms with Gasteiger partial charge in [0.1, 0.15) is 29.1 Å². The Morgan fingerprint density at radius 2 is 1.87 bits per heavy atom. The largest absolute Gasteiger partial charge is 0.507 e. The van der Waals surface area contributed by atoms with Crippen LogP contribution in [0.25, 0.3) is 5.76 Å². The molecule has 0 radical (unpaired) electrons. The smallest absolute Gasteiger partial charge is 0.301 e. The third-order valence-corrected chi connectivity index (χ3v) is 4.86. The van der Waals surface area contributed by atoms with E-state index in [-0.39, 0.29) is 17.0 Å². The molecular formula is C22H17FN2O5. The highest BCUT2D eigenvalue weighted by atomic mass is 19.1. The van der Waals surface area contributed by atoms with Crippen LogP contribution in [0.1, 0.15) is 22.9 Å². The molecule has 1 amide bonds. The van der Waals surface area contributed by atoms with Crippen LogP contribution >= 0.6 is 0 Å². The van der Waals surface area contributed by atoms with Gasteiger partial charge in [-0.05, 0) is 37.3 Å². The number of amides is 1. The summed E-state index contributed by atoms with van der Waals surface area (Å²) in [5, 5.41) is 14.8. The number of rotatable bonds is 4. The Morgan fingerprint density at radius 3 is 2.50 bits per heavy atom. The van der Waals surface area contributed by atoms with Crippen molar-refractivity contribution in [2.75, 3.05) is 12.0 Å². The number of benzene rings is 2. The van der Waals surface area contributed by atoms with Gasteiger partial charge in [-0.3, -0.25) is 14.5 Å². The first-order valence-electron chi connectivity index (χ1n) is 9.05. The highest BCUT2D eigenvalue weighted by Crippen LogP contribution is 2.44. The van der Waals surface area contributed by atoms with Crippen molar-refractivity contribution in [3.63, 3.8) is 0 Å². The highest BCUT2D eigenvalue weighted by molar-refractivity contribution is 6.51. The lowest BCUT2D eigenvalue weighted by molar-refractivity contribution is -0.132. The maximum atomic E-state index is 13.3. The number of carbonyl (C=O) groups is 2. The minimum atomic E-state index is -1.02. The number of carbonyl (C=O) groups excluding carboxylic acids is 2. The summed E-state index contributed by atoms with van der Waals surface area (Å²) in [5.74, 6) is -1.69. The first-order chi connectivity index (χ1) is 14.4. The number of para-hydroxylation sites is 1. The highest BCUT2D eigenvalue weighted by Gasteiger charge is 2.49. The number of ether oxygens (including phenoxy) is 1. The number of anilines is 1. The molecule has 1 aliphatic rings. The lowest BCUT2D eigenvalue weighted by Gasteiger charge is -2.24. The van der Waals surface area contributed by atoms with Crippen molar-refractivity contribution in [2.45, 2.75) is 13.0 Å². The second-order valence-corrected chi connectivity index (χ2v) is 6.71. The molecule has 30 heavy (non-hydrogen) atoms. The van der Waals surface area contributed by atoms with E-state index in [4.69, 9.17) is 9.26 Å². The molecule has 1 atom stereocenters. The Bertz CT molecular complexity index is 1170. The van der Waals surface area contributed by atoms with Crippen molar-refractivity contribution in [2.24, 2.45) is 0 Å². The quantitative estimate of drug-likeness (QED) is 0.401. The van der Waals surface area contributed by atoms with E-state index in [9.17, 15) is 19.1 Å². The molecule has 2 heterocycles. The predicted molar refractivity (Wildman–Crippen MR) is 105 cm³/mol. The third kappa shape index (κ3) is 3.12. The number of methoxy groups -OCH3 is 1. The van der Waals surface area contributed by atoms with Crippen LogP contribution in [0.5, 0.6) is 5.75 Å². The fraction of sp³-hybridized carbons (Fsp3) is 0.136. The normalized spacial score (nSPS) is 18.1. The van der Waals surface area contributed by atoms with Crippen molar-refractivity contribution in [1.82, 2.24) is 5.16 Å². The zero-order valence-corrected chi connectivity index (χ0v) is 16.1. The van der Waals surface area contributed by atoms with E-state index in [0.29, 0.717) is 17.1 Å². The molecule has 4 rings (SSSR count). The van der Waals surface area contributed by atoms with E-state index < -0.39 is 29.3 Å². The van der Waals surface area contributed by atoms with Crippen LogP contribution in [0.4, 0.5) is 10.2 Å². The van der Waals surface area contributed by atoms with Gasteiger partial charge in [0.2, 0.25) is 0 Å². The SMILES string of the molecule is COc1ccccc1[C@@H]1/C(=C(\O)c2ccc(F)cc2)C(=O)C(=O)N1c1cc(C)on1. The fourth-order valence-electron chi connectivity index (χ4n) is 3.49. The van der Waals surface area contributed by atoms with E-state index in [0.717, 1.165) is 17.0 Å². The standard InChI is InChI=1S/C22H17FN2O5/c1-12-11-17(24-30-12)25-19(15-5-3-4-6-16(15)29-2)18(21(27)22(25)28)20(26)13-7-9-14(23)10-8-13/h3-11,19,26H,1-2H3/b20-18+/t19-/m1/s1. The Hall–Kier alpha value is -3.94. The number of aliphatic hydroxyl groups excluding tert-OH is 1. The summed E-state index contributed by atoms with van der Waals surface area (Å²) in [6.45, 7) is 1.66. The number of ketones is 1. The molecule has 0 saturated carbocycles. The van der Waals surface area contributed by atoms with Gasteiger partial charge >= 0.3 is 5.91 Å². The van der Waals surface area contributed by atoms with E-state index in [1.807, 2.05) is 0 Å². The van der Waals surface area contributed by atoms with Crippen molar-refractivity contribution in [3.8, 4) is 5.75 Å². The molecule has 1 saturated heterocycles. The lowest BCUT2D eigenvalue weighted by atomic mass is 9.94. The van der Waals surface area contributed by atoms with Crippen molar-refractivity contribution >= 4 is 23.3 Å². The summed E-state index contributed by atoms with van der Waals surface area (Å²) < 4.78 is 23.8. The van der Waals surface area contributed by atoms with Crippen molar-refractivity contribution in [3.05, 3.63) is 82.9 Å². The molecular weight excluding hydrogens is 391 g/mol. The number of hydrogen-bond donors (Lipinski definition) is 1. The number of aliphatic hydroxyl groups is 1. The van der Waals surface area contributed by atoms with Gasteiger partial charge in [0.15, 0.2) is 5.82 Å². The molecule has 7 nitrogen and oxygen atoms in total. The Balaban J connectivity index is 1.98. The molecule has 2 aromatic carbocycles. The van der Waals surface area contributed by atoms with E-state index in [1.165, 1.54) is 25.3 Å². The van der Waals surface area contributed by atoms with Crippen LogP contribution in [0.3, 0.4) is 0 Å². The second kappa shape index (κ2) is 7.47. The van der Waals surface area contributed by atoms with Crippen LogP contribution in [-0.2, 0) is 9.59 Å². The van der Waals surface area contributed by atoms with Crippen LogP contribution < -0.4 is 9.64 Å². The topological polar surface area (TPSA) is 92.9 Å². The maximum Gasteiger partial charge on any atom is 0.301 e. The van der Waals surface area contributed by atoms with E-state index in [2.05, 4.69) is 5.16 Å². The lowest BCUT2D eigenvalue weighted by Crippen LogP contribution is -2.29. The minimum absolute atomic E-state index is 0.128. The van der Waals surface area contributed by atoms with Gasteiger partial charge in [0.25, 0.3) is 5.78 Å². The predicted octanol–water partition coefficient (Wildman–Crippen LogP) is 3.76. The van der Waals surface area contributed by atoms with Gasteiger partial charge < -0.3 is 14.4 Å². The summed E-state index contributed by atoms with van der Waals surface area (Å²) in [7, 11) is 1.46. The van der Waals surface area contributed by atoms with Gasteiger partial charge in [-0.2, -0.15) is 0 Å². The first kappa shape index (κ1) is 19.4.